The van der Waals surface area contributed by atoms with Crippen LogP contribution in [0.1, 0.15) is 30.1 Å². The molecule has 14 heteroatoms. The van der Waals surface area contributed by atoms with Crippen LogP contribution in [0.15, 0.2) is 24.4 Å². The van der Waals surface area contributed by atoms with E-state index in [9.17, 15) is 14.4 Å². The number of benzene rings is 1. The number of carboxylic acid groups (broad SMARTS) is 1. The van der Waals surface area contributed by atoms with Gasteiger partial charge in [-0.25, -0.2) is 9.18 Å². The molecular weight excluding hydrogens is 511 g/mol. The van der Waals surface area contributed by atoms with E-state index in [1.165, 1.54) is 28.0 Å². The zero-order valence-electron chi connectivity index (χ0n) is 21.7. The summed E-state index contributed by atoms with van der Waals surface area (Å²) in [7, 11) is -1.19. The topological polar surface area (TPSA) is 144 Å². The van der Waals surface area contributed by atoms with Crippen molar-refractivity contribution < 1.29 is 23.8 Å². The Morgan fingerprint density at radius 3 is 2.71 bits per heavy atom. The third-order valence-corrected chi connectivity index (χ3v) is 7.99. The molecule has 1 saturated heterocycles. The molecule has 1 aliphatic heterocycles. The van der Waals surface area contributed by atoms with Crippen LogP contribution in [-0.2, 0) is 18.1 Å². The van der Waals surface area contributed by atoms with E-state index >= 15 is 0 Å². The second-order valence-corrected chi connectivity index (χ2v) is 16.0. The lowest BCUT2D eigenvalue weighted by Gasteiger charge is -2.30. The van der Waals surface area contributed by atoms with Crippen LogP contribution in [0.25, 0.3) is 11.4 Å². The van der Waals surface area contributed by atoms with E-state index in [0.717, 1.165) is 6.04 Å². The second kappa shape index (κ2) is 11.7. The highest BCUT2D eigenvalue weighted by Gasteiger charge is 2.26. The first kappa shape index (κ1) is 27.2. The summed E-state index contributed by atoms with van der Waals surface area (Å²) in [4.78, 5) is 13.8. The summed E-state index contributed by atoms with van der Waals surface area (Å²) in [6.07, 6.45) is 1.70. The molecule has 3 aromatic rings. The molecule has 38 heavy (non-hydrogen) atoms. The van der Waals surface area contributed by atoms with Crippen molar-refractivity contribution in [3.8, 4) is 23.2 Å². The molecule has 1 N–H and O–H groups in total. The lowest BCUT2D eigenvalue weighted by atomic mass is 10.1. The number of carbonyl (C=O) groups is 1. The Labute approximate surface area is 220 Å². The molecule has 0 radical (unpaired) electrons. The predicted molar refractivity (Wildman–Crippen MR) is 136 cm³/mol. The van der Waals surface area contributed by atoms with Gasteiger partial charge in [-0.3, -0.25) is 4.68 Å². The number of aromatic nitrogens is 6. The molecule has 1 aromatic carbocycles. The monoisotopic (exact) mass is 542 g/mol. The van der Waals surface area contributed by atoms with Crippen LogP contribution < -0.4 is 4.74 Å². The van der Waals surface area contributed by atoms with Gasteiger partial charge in [-0.2, -0.15) is 10.4 Å². The highest BCUT2D eigenvalue weighted by Crippen LogP contribution is 2.27. The van der Waals surface area contributed by atoms with Crippen molar-refractivity contribution in [1.82, 2.24) is 34.9 Å². The van der Waals surface area contributed by atoms with Crippen molar-refractivity contribution in [2.75, 3.05) is 19.7 Å². The number of likely N-dealkylation sites (tertiary alicyclic amines) is 1. The van der Waals surface area contributed by atoms with Crippen LogP contribution in [0.5, 0.6) is 5.75 Å². The summed E-state index contributed by atoms with van der Waals surface area (Å²) in [6, 6.07) is 7.48. The fourth-order valence-electron chi connectivity index (χ4n) is 4.06. The van der Waals surface area contributed by atoms with Crippen molar-refractivity contribution in [2.45, 2.75) is 57.9 Å². The fourth-order valence-corrected chi connectivity index (χ4v) is 4.81. The summed E-state index contributed by atoms with van der Waals surface area (Å²) in [5.41, 5.74) is 1.29. The third kappa shape index (κ3) is 6.72. The normalized spacial score (nSPS) is 14.4. The van der Waals surface area contributed by atoms with Gasteiger partial charge in [-0.1, -0.05) is 19.6 Å². The maximum absolute atomic E-state index is 14.8. The largest absolute Gasteiger partial charge is 0.486 e. The van der Waals surface area contributed by atoms with Gasteiger partial charge in [-0.15, -0.1) is 15.0 Å². The second-order valence-electron chi connectivity index (χ2n) is 10.3. The van der Waals surface area contributed by atoms with Gasteiger partial charge in [0.05, 0.1) is 12.2 Å². The van der Waals surface area contributed by atoms with Gasteiger partial charge < -0.3 is 19.5 Å². The standard InChI is InChI=1S/C24H31FN8O4Si/c1-38(2,3)11-10-36-16-32-29-23(28-30-32)17-4-5-22(20(25)12-17)37-15-18-14-27-33(21(18)13-26)19-6-8-31(9-7-19)24(34)35/h4-5,12,14,19H,6-11,15-16H2,1-3H3,(H,34,35). The van der Waals surface area contributed by atoms with Crippen LogP contribution in [0.4, 0.5) is 9.18 Å². The Morgan fingerprint density at radius 2 is 2.05 bits per heavy atom. The Balaban J connectivity index is 1.35. The van der Waals surface area contributed by atoms with E-state index in [1.807, 2.05) is 0 Å². The van der Waals surface area contributed by atoms with E-state index in [4.69, 9.17) is 14.6 Å². The Kier molecular flexibility index (Phi) is 8.37. The highest BCUT2D eigenvalue weighted by atomic mass is 28.3. The summed E-state index contributed by atoms with van der Waals surface area (Å²) in [5.74, 6) is -0.314. The maximum Gasteiger partial charge on any atom is 0.407 e. The number of hydrogen-bond donors (Lipinski definition) is 1. The Hall–Kier alpha value is -3.83. The lowest BCUT2D eigenvalue weighted by molar-refractivity contribution is 0.0674. The number of nitriles is 1. The molecule has 0 aliphatic carbocycles. The van der Waals surface area contributed by atoms with Crippen molar-refractivity contribution >= 4 is 14.2 Å². The summed E-state index contributed by atoms with van der Waals surface area (Å²) < 4.78 is 27.7. The SMILES string of the molecule is C[Si](C)(C)CCOCn1nnc(-c2ccc(OCc3cnn(C4CCN(C(=O)O)CC4)c3C#N)c(F)c2)n1. The highest BCUT2D eigenvalue weighted by molar-refractivity contribution is 6.76. The number of hydrogen-bond acceptors (Lipinski definition) is 8. The van der Waals surface area contributed by atoms with Crippen LogP contribution in [0.3, 0.4) is 0 Å². The molecule has 0 atom stereocenters. The van der Waals surface area contributed by atoms with E-state index in [0.29, 0.717) is 49.4 Å². The smallest absolute Gasteiger partial charge is 0.407 e. The average Bonchev–Trinajstić information content (AvgIpc) is 3.52. The van der Waals surface area contributed by atoms with Crippen LogP contribution in [0, 0.1) is 17.1 Å². The first-order valence-electron chi connectivity index (χ1n) is 12.4. The molecule has 0 spiro atoms. The third-order valence-electron chi connectivity index (χ3n) is 6.29. The number of nitrogens with zero attached hydrogens (tertiary/aromatic N) is 8. The summed E-state index contributed by atoms with van der Waals surface area (Å²) in [6.45, 7) is 8.33. The zero-order chi connectivity index (χ0) is 27.3. The molecule has 1 amide bonds. The molecule has 0 unspecified atom stereocenters. The molecule has 2 aromatic heterocycles. The maximum atomic E-state index is 14.8. The number of amides is 1. The first-order valence-corrected chi connectivity index (χ1v) is 16.1. The molecule has 202 valence electrons. The number of rotatable bonds is 10. The Bertz CT molecular complexity index is 1310. The minimum absolute atomic E-state index is 0.0160. The van der Waals surface area contributed by atoms with Gasteiger partial charge in [0.25, 0.3) is 0 Å². The number of halogens is 1. The van der Waals surface area contributed by atoms with Gasteiger partial charge in [-0.05, 0) is 42.3 Å². The number of tetrazole rings is 1. The minimum Gasteiger partial charge on any atom is -0.486 e. The number of piperidine rings is 1. The van der Waals surface area contributed by atoms with Crippen molar-refractivity contribution in [3.05, 3.63) is 41.5 Å². The first-order chi connectivity index (χ1) is 18.1. The molecule has 0 saturated carbocycles. The molecule has 3 heterocycles. The molecule has 4 rings (SSSR count). The van der Waals surface area contributed by atoms with Crippen molar-refractivity contribution in [3.63, 3.8) is 0 Å². The van der Waals surface area contributed by atoms with Crippen molar-refractivity contribution in [2.24, 2.45) is 0 Å². The quantitative estimate of drug-likeness (QED) is 0.299. The van der Waals surface area contributed by atoms with Gasteiger partial charge in [0.15, 0.2) is 18.3 Å². The van der Waals surface area contributed by atoms with Gasteiger partial charge in [0.2, 0.25) is 5.82 Å². The van der Waals surface area contributed by atoms with E-state index in [1.54, 1.807) is 10.7 Å². The van der Waals surface area contributed by atoms with E-state index in [-0.39, 0.29) is 31.0 Å². The molecule has 12 nitrogen and oxygen atoms in total. The summed E-state index contributed by atoms with van der Waals surface area (Å²) >= 11 is 0. The van der Waals surface area contributed by atoms with E-state index < -0.39 is 20.0 Å². The predicted octanol–water partition coefficient (Wildman–Crippen LogP) is 3.75. The minimum atomic E-state index is -1.19. The lowest BCUT2D eigenvalue weighted by Crippen LogP contribution is -2.38. The Morgan fingerprint density at radius 1 is 1.29 bits per heavy atom. The van der Waals surface area contributed by atoms with Gasteiger partial charge in [0, 0.05) is 38.9 Å². The van der Waals surface area contributed by atoms with Gasteiger partial charge in [0.1, 0.15) is 18.4 Å². The van der Waals surface area contributed by atoms with Crippen LogP contribution in [-0.4, -0.2) is 73.9 Å². The zero-order valence-corrected chi connectivity index (χ0v) is 22.7. The summed E-state index contributed by atoms with van der Waals surface area (Å²) in [5, 5.41) is 35.4. The molecule has 1 fully saturated rings. The molecular formula is C24H31FN8O4Si. The van der Waals surface area contributed by atoms with E-state index in [2.05, 4.69) is 46.2 Å². The van der Waals surface area contributed by atoms with Crippen LogP contribution >= 0.6 is 0 Å². The molecule has 0 bridgehead atoms. The average molecular weight is 543 g/mol. The van der Waals surface area contributed by atoms with Crippen molar-refractivity contribution in [1.29, 1.82) is 5.26 Å². The van der Waals surface area contributed by atoms with Gasteiger partial charge >= 0.3 is 6.09 Å². The fraction of sp³-hybridized carbons (Fsp3) is 0.500. The molecule has 1 aliphatic rings. The van der Waals surface area contributed by atoms with Crippen LogP contribution in [0.2, 0.25) is 25.7 Å². The number of ether oxygens (including phenoxy) is 2.